The van der Waals surface area contributed by atoms with E-state index in [9.17, 15) is 18.0 Å². The minimum atomic E-state index is -4.48. The molecule has 7 nitrogen and oxygen atoms in total. The third kappa shape index (κ3) is 5.86. The average Bonchev–Trinajstić information content (AvgIpc) is 3.56. The Morgan fingerprint density at radius 1 is 1.20 bits per heavy atom. The van der Waals surface area contributed by atoms with Crippen molar-refractivity contribution in [2.45, 2.75) is 25.1 Å². The van der Waals surface area contributed by atoms with Crippen molar-refractivity contribution in [2.75, 3.05) is 33.8 Å². The van der Waals surface area contributed by atoms with Crippen LogP contribution < -0.4 is 4.74 Å². The van der Waals surface area contributed by atoms with E-state index in [-0.39, 0.29) is 18.6 Å². The molecule has 208 valence electrons. The van der Waals surface area contributed by atoms with Crippen molar-refractivity contribution in [2.24, 2.45) is 0 Å². The third-order valence-corrected chi connectivity index (χ3v) is 6.91. The Morgan fingerprint density at radius 3 is 2.85 bits per heavy atom. The summed E-state index contributed by atoms with van der Waals surface area (Å²) in [5, 5.41) is 0. The number of aromatic amines is 1. The standard InChI is InChI=1S/C30H30F3N5O2/c1-37(2)15-6-11-26(39)38-16-5-9-22(38)19-40-25-18-34-14-12-23(25)28-27(29-24(36-28)10-4-13-35-29)20-7-3-8-21(17-20)30(31,32)33/h3-4,6-8,10-14,17-18,22,36H,5,9,15-16,19H2,1-2H3/b11-6+/t22-/m0/s1. The van der Waals surface area contributed by atoms with Crippen molar-refractivity contribution in [1.82, 2.24) is 24.8 Å². The van der Waals surface area contributed by atoms with E-state index in [1.54, 1.807) is 42.9 Å². The fraction of sp³-hybridized carbons (Fsp3) is 0.300. The SMILES string of the molecule is CN(C)C/C=C/C(=O)N1CCC[C@H]1COc1cnccc1-c1[nH]c2cccnc2c1-c1cccc(C(F)(F)F)c1. The number of hydrogen-bond acceptors (Lipinski definition) is 5. The summed E-state index contributed by atoms with van der Waals surface area (Å²) in [5.74, 6) is 0.414. The first-order valence-electron chi connectivity index (χ1n) is 13.1. The summed E-state index contributed by atoms with van der Waals surface area (Å²) < 4.78 is 47.0. The monoisotopic (exact) mass is 549 g/mol. The smallest absolute Gasteiger partial charge is 0.416 e. The van der Waals surface area contributed by atoms with Gasteiger partial charge in [-0.1, -0.05) is 18.2 Å². The maximum absolute atomic E-state index is 13.6. The van der Waals surface area contributed by atoms with Gasteiger partial charge in [-0.05, 0) is 62.8 Å². The van der Waals surface area contributed by atoms with Crippen LogP contribution in [0.25, 0.3) is 33.4 Å². The largest absolute Gasteiger partial charge is 0.489 e. The lowest BCUT2D eigenvalue weighted by atomic mass is 9.98. The number of hydrogen-bond donors (Lipinski definition) is 1. The molecule has 5 rings (SSSR count). The number of halogens is 3. The summed E-state index contributed by atoms with van der Waals surface area (Å²) in [6.45, 7) is 1.60. The molecular weight excluding hydrogens is 519 g/mol. The number of rotatable bonds is 8. The molecule has 10 heteroatoms. The fourth-order valence-corrected chi connectivity index (χ4v) is 5.00. The van der Waals surface area contributed by atoms with Gasteiger partial charge in [0.1, 0.15) is 12.4 Å². The molecule has 4 aromatic rings. The zero-order valence-corrected chi connectivity index (χ0v) is 22.3. The number of alkyl halides is 3. The molecule has 0 spiro atoms. The Bertz CT molecular complexity index is 1530. The molecule has 0 radical (unpaired) electrons. The molecule has 0 saturated carbocycles. The van der Waals surface area contributed by atoms with Gasteiger partial charge in [-0.25, -0.2) is 0 Å². The van der Waals surface area contributed by atoms with Crippen molar-refractivity contribution in [3.8, 4) is 28.1 Å². The van der Waals surface area contributed by atoms with E-state index in [1.807, 2.05) is 36.0 Å². The predicted octanol–water partition coefficient (Wildman–Crippen LogP) is 5.80. The first kappa shape index (κ1) is 27.4. The summed E-state index contributed by atoms with van der Waals surface area (Å²) in [4.78, 5) is 28.6. The quantitative estimate of drug-likeness (QED) is 0.281. The maximum Gasteiger partial charge on any atom is 0.416 e. The topological polar surface area (TPSA) is 74.3 Å². The lowest BCUT2D eigenvalue weighted by Gasteiger charge is -2.24. The number of aromatic nitrogens is 3. The molecular formula is C30H30F3N5O2. The lowest BCUT2D eigenvalue weighted by Crippen LogP contribution is -2.38. The number of nitrogens with one attached hydrogen (secondary N) is 1. The van der Waals surface area contributed by atoms with Gasteiger partial charge in [0.25, 0.3) is 0 Å². The molecule has 40 heavy (non-hydrogen) atoms. The maximum atomic E-state index is 13.6. The number of H-pyrrole nitrogens is 1. The summed E-state index contributed by atoms with van der Waals surface area (Å²) in [7, 11) is 3.88. The average molecular weight is 550 g/mol. The van der Waals surface area contributed by atoms with Crippen molar-refractivity contribution in [3.05, 3.63) is 78.8 Å². The highest BCUT2D eigenvalue weighted by Crippen LogP contribution is 2.42. The molecule has 4 heterocycles. The van der Waals surface area contributed by atoms with Crippen molar-refractivity contribution in [3.63, 3.8) is 0 Å². The molecule has 1 aliphatic rings. The Balaban J connectivity index is 1.47. The molecule has 1 fully saturated rings. The molecule has 1 aliphatic heterocycles. The summed E-state index contributed by atoms with van der Waals surface area (Å²) in [6, 6.07) is 10.5. The van der Waals surface area contributed by atoms with E-state index in [0.717, 1.165) is 25.0 Å². The number of nitrogens with zero attached hydrogens (tertiary/aromatic N) is 4. The van der Waals surface area contributed by atoms with E-state index >= 15 is 0 Å². The first-order chi connectivity index (χ1) is 19.2. The number of ether oxygens (including phenoxy) is 1. The van der Waals surface area contributed by atoms with Crippen LogP contribution in [0, 0.1) is 0 Å². The van der Waals surface area contributed by atoms with Crippen LogP contribution >= 0.6 is 0 Å². The van der Waals surface area contributed by atoms with Crippen molar-refractivity contribution in [1.29, 1.82) is 0 Å². The molecule has 0 bridgehead atoms. The fourth-order valence-electron chi connectivity index (χ4n) is 5.00. The zero-order valence-electron chi connectivity index (χ0n) is 22.3. The molecule has 1 saturated heterocycles. The summed E-state index contributed by atoms with van der Waals surface area (Å²) >= 11 is 0. The molecule has 3 aromatic heterocycles. The molecule has 0 aliphatic carbocycles. The van der Waals surface area contributed by atoms with Crippen LogP contribution in [0.2, 0.25) is 0 Å². The van der Waals surface area contributed by atoms with Crippen LogP contribution in [-0.4, -0.2) is 70.5 Å². The number of amides is 1. The molecule has 1 N–H and O–H groups in total. The highest BCUT2D eigenvalue weighted by atomic mass is 19.4. The van der Waals surface area contributed by atoms with Gasteiger partial charge in [-0.2, -0.15) is 13.2 Å². The Kier molecular flexibility index (Phi) is 7.88. The van der Waals surface area contributed by atoms with Gasteiger partial charge in [-0.15, -0.1) is 0 Å². The zero-order chi connectivity index (χ0) is 28.3. The number of likely N-dealkylation sites (N-methyl/N-ethyl adjacent to an activating group) is 1. The van der Waals surface area contributed by atoms with E-state index in [2.05, 4.69) is 15.0 Å². The van der Waals surface area contributed by atoms with Crippen molar-refractivity contribution >= 4 is 16.9 Å². The second-order valence-corrected chi connectivity index (χ2v) is 10.0. The Labute approximate surface area is 230 Å². The number of fused-ring (bicyclic) bond motifs is 1. The van der Waals surface area contributed by atoms with Crippen molar-refractivity contribution < 1.29 is 22.7 Å². The van der Waals surface area contributed by atoms with Crippen LogP contribution in [0.15, 0.2) is 73.2 Å². The van der Waals surface area contributed by atoms with Gasteiger partial charge < -0.3 is 19.5 Å². The van der Waals surface area contributed by atoms with E-state index in [1.165, 1.54) is 6.07 Å². The highest BCUT2D eigenvalue weighted by molar-refractivity contribution is 6.02. The van der Waals surface area contributed by atoms with Crippen LogP contribution in [0.4, 0.5) is 13.2 Å². The predicted molar refractivity (Wildman–Crippen MR) is 148 cm³/mol. The highest BCUT2D eigenvalue weighted by Gasteiger charge is 2.32. The first-order valence-corrected chi connectivity index (χ1v) is 13.1. The minimum Gasteiger partial charge on any atom is -0.489 e. The van der Waals surface area contributed by atoms with Gasteiger partial charge in [-0.3, -0.25) is 14.8 Å². The molecule has 1 amide bonds. The van der Waals surface area contributed by atoms with Crippen LogP contribution in [-0.2, 0) is 11.0 Å². The lowest BCUT2D eigenvalue weighted by molar-refractivity contribution is -0.137. The van der Waals surface area contributed by atoms with Crippen LogP contribution in [0.3, 0.4) is 0 Å². The van der Waals surface area contributed by atoms with E-state index in [4.69, 9.17) is 4.74 Å². The summed E-state index contributed by atoms with van der Waals surface area (Å²) in [5.41, 5.74) is 2.65. The van der Waals surface area contributed by atoms with Gasteiger partial charge in [0, 0.05) is 42.7 Å². The number of carbonyl (C=O) groups excluding carboxylic acids is 1. The van der Waals surface area contributed by atoms with Gasteiger partial charge in [0.05, 0.1) is 34.5 Å². The second kappa shape index (κ2) is 11.5. The normalized spacial score (nSPS) is 15.9. The van der Waals surface area contributed by atoms with Crippen LogP contribution in [0.1, 0.15) is 18.4 Å². The molecule has 1 aromatic carbocycles. The molecule has 1 atom stereocenters. The van der Waals surface area contributed by atoms with E-state index < -0.39 is 11.7 Å². The number of benzene rings is 1. The number of likely N-dealkylation sites (tertiary alicyclic amines) is 1. The number of pyridine rings is 2. The van der Waals surface area contributed by atoms with E-state index in [0.29, 0.717) is 52.3 Å². The number of carbonyl (C=O) groups is 1. The summed E-state index contributed by atoms with van der Waals surface area (Å²) in [6.07, 6.45) is 5.47. The van der Waals surface area contributed by atoms with Crippen LogP contribution in [0.5, 0.6) is 5.75 Å². The van der Waals surface area contributed by atoms with Gasteiger partial charge >= 0.3 is 6.18 Å². The minimum absolute atomic E-state index is 0.0483. The van der Waals surface area contributed by atoms with Gasteiger partial charge in [0.2, 0.25) is 5.91 Å². The second-order valence-electron chi connectivity index (χ2n) is 10.0. The molecule has 0 unspecified atom stereocenters. The Hall–Kier alpha value is -4.18. The van der Waals surface area contributed by atoms with Gasteiger partial charge in [0.15, 0.2) is 0 Å². The Morgan fingerprint density at radius 2 is 2.05 bits per heavy atom. The third-order valence-electron chi connectivity index (χ3n) is 6.91.